The van der Waals surface area contributed by atoms with Gasteiger partial charge in [-0.25, -0.2) is 0 Å². The fourth-order valence-electron chi connectivity index (χ4n) is 1.24. The fourth-order valence-corrected chi connectivity index (χ4v) is 1.50. The van der Waals surface area contributed by atoms with Crippen molar-refractivity contribution in [2.24, 2.45) is 0 Å². The first-order valence-electron chi connectivity index (χ1n) is 6.03. The van der Waals surface area contributed by atoms with Gasteiger partial charge in [0.25, 0.3) is 5.91 Å². The number of hydrogen-bond donors (Lipinski definition) is 2. The maximum Gasteiger partial charge on any atom is 0.258 e. The van der Waals surface area contributed by atoms with Gasteiger partial charge in [0, 0.05) is 11.0 Å². The van der Waals surface area contributed by atoms with Crippen molar-refractivity contribution in [3.05, 3.63) is 28.7 Å². The van der Waals surface area contributed by atoms with Crippen LogP contribution in [0.3, 0.4) is 0 Å². The molecule has 0 saturated carbocycles. The van der Waals surface area contributed by atoms with E-state index in [2.05, 4.69) is 26.6 Å². The van der Waals surface area contributed by atoms with Crippen LogP contribution in [0.2, 0.25) is 0 Å². The molecule has 19 heavy (non-hydrogen) atoms. The molecule has 0 aromatic heterocycles. The summed E-state index contributed by atoms with van der Waals surface area (Å²) in [5.74, 6) is 0.0854. The van der Waals surface area contributed by atoms with Crippen molar-refractivity contribution in [3.63, 3.8) is 0 Å². The van der Waals surface area contributed by atoms with E-state index in [1.165, 1.54) is 0 Å². The summed E-state index contributed by atoms with van der Waals surface area (Å²) in [6, 6.07) is 7.16. The molecule has 0 radical (unpaired) electrons. The van der Waals surface area contributed by atoms with Gasteiger partial charge in [-0.05, 0) is 30.7 Å². The van der Waals surface area contributed by atoms with Crippen molar-refractivity contribution in [2.75, 3.05) is 19.7 Å². The zero-order valence-electron chi connectivity index (χ0n) is 10.7. The van der Waals surface area contributed by atoms with E-state index in [4.69, 9.17) is 4.74 Å². The van der Waals surface area contributed by atoms with E-state index in [-0.39, 0.29) is 25.0 Å². The van der Waals surface area contributed by atoms with Gasteiger partial charge in [0.2, 0.25) is 5.91 Å². The molecule has 2 amide bonds. The summed E-state index contributed by atoms with van der Waals surface area (Å²) in [5, 5.41) is 5.16. The first-order chi connectivity index (χ1) is 9.11. The Morgan fingerprint density at radius 3 is 2.47 bits per heavy atom. The molecule has 0 aliphatic carbocycles. The van der Waals surface area contributed by atoms with Gasteiger partial charge < -0.3 is 15.4 Å². The second-order valence-corrected chi connectivity index (χ2v) is 4.78. The third-order valence-electron chi connectivity index (χ3n) is 2.20. The Morgan fingerprint density at radius 1 is 1.16 bits per heavy atom. The molecule has 0 spiro atoms. The minimum atomic E-state index is -0.324. The quantitative estimate of drug-likeness (QED) is 0.796. The van der Waals surface area contributed by atoms with Crippen LogP contribution in [0.1, 0.15) is 13.3 Å². The molecule has 0 bridgehead atoms. The van der Waals surface area contributed by atoms with Crippen molar-refractivity contribution in [1.29, 1.82) is 0 Å². The molecule has 6 heteroatoms. The summed E-state index contributed by atoms with van der Waals surface area (Å²) in [4.78, 5) is 22.7. The molecule has 0 aliphatic rings. The van der Waals surface area contributed by atoms with Crippen LogP contribution in [-0.4, -0.2) is 31.5 Å². The minimum Gasteiger partial charge on any atom is -0.484 e. The Morgan fingerprint density at radius 2 is 1.84 bits per heavy atom. The molecule has 1 aromatic carbocycles. The summed E-state index contributed by atoms with van der Waals surface area (Å²) in [6.45, 7) is 2.44. The van der Waals surface area contributed by atoms with Crippen molar-refractivity contribution < 1.29 is 14.3 Å². The molecular formula is C13H17BrN2O3. The molecule has 1 rings (SSSR count). The number of ether oxygens (including phenoxy) is 1. The maximum atomic E-state index is 11.4. The standard InChI is InChI=1S/C13H17BrN2O3/c1-2-7-15-12(17)8-16-13(18)9-19-11-5-3-10(14)4-6-11/h3-6H,2,7-9H2,1H3,(H,15,17)(H,16,18). The topological polar surface area (TPSA) is 67.4 Å². The molecule has 104 valence electrons. The van der Waals surface area contributed by atoms with Crippen molar-refractivity contribution in [2.45, 2.75) is 13.3 Å². The third kappa shape index (κ3) is 6.81. The number of benzene rings is 1. The van der Waals surface area contributed by atoms with E-state index in [1.54, 1.807) is 12.1 Å². The van der Waals surface area contributed by atoms with Gasteiger partial charge in [0.1, 0.15) is 5.75 Å². The molecule has 0 atom stereocenters. The number of hydrogen-bond acceptors (Lipinski definition) is 3. The number of carbonyl (C=O) groups is 2. The van der Waals surface area contributed by atoms with Crippen molar-refractivity contribution >= 4 is 27.7 Å². The molecule has 1 aromatic rings. The van der Waals surface area contributed by atoms with Crippen LogP contribution < -0.4 is 15.4 Å². The lowest BCUT2D eigenvalue weighted by atomic mass is 10.3. The SMILES string of the molecule is CCCNC(=O)CNC(=O)COc1ccc(Br)cc1. The van der Waals surface area contributed by atoms with E-state index in [0.29, 0.717) is 12.3 Å². The predicted octanol–water partition coefficient (Wildman–Crippen LogP) is 1.47. The summed E-state index contributed by atoms with van der Waals surface area (Å²) in [5.41, 5.74) is 0. The van der Waals surface area contributed by atoms with E-state index in [0.717, 1.165) is 10.9 Å². The van der Waals surface area contributed by atoms with Gasteiger partial charge in [-0.3, -0.25) is 9.59 Å². The Balaban J connectivity index is 2.21. The number of amides is 2. The zero-order valence-corrected chi connectivity index (χ0v) is 12.3. The number of halogens is 1. The molecular weight excluding hydrogens is 312 g/mol. The van der Waals surface area contributed by atoms with Gasteiger partial charge in [0.15, 0.2) is 6.61 Å². The molecule has 0 fully saturated rings. The lowest BCUT2D eigenvalue weighted by molar-refractivity contribution is -0.127. The maximum absolute atomic E-state index is 11.4. The van der Waals surface area contributed by atoms with Crippen LogP contribution in [0.25, 0.3) is 0 Å². The van der Waals surface area contributed by atoms with E-state index >= 15 is 0 Å². The van der Waals surface area contributed by atoms with Gasteiger partial charge in [-0.1, -0.05) is 22.9 Å². The predicted molar refractivity (Wildman–Crippen MR) is 75.9 cm³/mol. The molecule has 2 N–H and O–H groups in total. The Bertz CT molecular complexity index is 420. The highest BCUT2D eigenvalue weighted by molar-refractivity contribution is 9.10. The highest BCUT2D eigenvalue weighted by Crippen LogP contribution is 2.15. The van der Waals surface area contributed by atoms with Crippen LogP contribution in [0.15, 0.2) is 28.7 Å². The van der Waals surface area contributed by atoms with E-state index in [1.807, 2.05) is 19.1 Å². The Hall–Kier alpha value is -1.56. The number of rotatable bonds is 7. The van der Waals surface area contributed by atoms with Crippen LogP contribution in [-0.2, 0) is 9.59 Å². The molecule has 0 heterocycles. The average molecular weight is 329 g/mol. The second-order valence-electron chi connectivity index (χ2n) is 3.87. The van der Waals surface area contributed by atoms with Gasteiger partial charge in [-0.15, -0.1) is 0 Å². The zero-order chi connectivity index (χ0) is 14.1. The van der Waals surface area contributed by atoms with E-state index < -0.39 is 0 Å². The second kappa shape index (κ2) is 8.53. The Labute approximate surface area is 120 Å². The molecule has 0 aliphatic heterocycles. The van der Waals surface area contributed by atoms with E-state index in [9.17, 15) is 9.59 Å². The van der Waals surface area contributed by atoms with Gasteiger partial charge in [0.05, 0.1) is 6.54 Å². The smallest absolute Gasteiger partial charge is 0.258 e. The lowest BCUT2D eigenvalue weighted by Gasteiger charge is -2.07. The minimum absolute atomic E-state index is 0.0253. The van der Waals surface area contributed by atoms with Gasteiger partial charge >= 0.3 is 0 Å². The van der Waals surface area contributed by atoms with Crippen molar-refractivity contribution in [3.8, 4) is 5.75 Å². The normalized spacial score (nSPS) is 9.79. The highest BCUT2D eigenvalue weighted by Gasteiger charge is 2.05. The molecule has 0 unspecified atom stereocenters. The Kier molecular flexibility index (Phi) is 6.95. The molecule has 0 saturated heterocycles. The largest absolute Gasteiger partial charge is 0.484 e. The summed E-state index contributed by atoms with van der Waals surface area (Å²) < 4.78 is 6.21. The highest BCUT2D eigenvalue weighted by atomic mass is 79.9. The summed E-state index contributed by atoms with van der Waals surface area (Å²) in [6.07, 6.45) is 0.867. The monoisotopic (exact) mass is 328 g/mol. The fraction of sp³-hybridized carbons (Fsp3) is 0.385. The number of nitrogens with one attached hydrogen (secondary N) is 2. The van der Waals surface area contributed by atoms with Crippen LogP contribution in [0.4, 0.5) is 0 Å². The first-order valence-corrected chi connectivity index (χ1v) is 6.83. The van der Waals surface area contributed by atoms with Crippen molar-refractivity contribution in [1.82, 2.24) is 10.6 Å². The summed E-state index contributed by atoms with van der Waals surface area (Å²) >= 11 is 3.31. The average Bonchev–Trinajstić information content (AvgIpc) is 2.42. The van der Waals surface area contributed by atoms with Crippen LogP contribution in [0.5, 0.6) is 5.75 Å². The van der Waals surface area contributed by atoms with Crippen LogP contribution >= 0.6 is 15.9 Å². The molecule has 5 nitrogen and oxygen atoms in total. The first kappa shape index (κ1) is 15.5. The summed E-state index contributed by atoms with van der Waals surface area (Å²) in [7, 11) is 0. The van der Waals surface area contributed by atoms with Gasteiger partial charge in [-0.2, -0.15) is 0 Å². The van der Waals surface area contributed by atoms with Crippen LogP contribution in [0, 0.1) is 0 Å². The number of carbonyl (C=O) groups excluding carboxylic acids is 2. The lowest BCUT2D eigenvalue weighted by Crippen LogP contribution is -2.39. The third-order valence-corrected chi connectivity index (χ3v) is 2.73.